The van der Waals surface area contributed by atoms with Crippen molar-refractivity contribution in [1.82, 2.24) is 10.2 Å². The van der Waals surface area contributed by atoms with Crippen LogP contribution in [0.1, 0.15) is 11.6 Å². The van der Waals surface area contributed by atoms with Crippen LogP contribution < -0.4 is 11.1 Å². The minimum Gasteiger partial charge on any atom is -0.329 e. The molecule has 0 fully saturated rings. The molecular weight excluding hydrogens is 224 g/mol. The molecule has 1 aromatic carbocycles. The predicted octanol–water partition coefficient (Wildman–Crippen LogP) is 1.12. The number of nitrogens with two attached hydrogens (primary N) is 1. The largest absolute Gasteiger partial charge is 0.329 e. The summed E-state index contributed by atoms with van der Waals surface area (Å²) in [4.78, 5) is 2.00. The normalized spacial score (nSPS) is 13.1. The topological polar surface area (TPSA) is 41.3 Å². The summed E-state index contributed by atoms with van der Waals surface area (Å²) in [7, 11) is 3.89. The van der Waals surface area contributed by atoms with E-state index in [2.05, 4.69) is 5.32 Å². The first-order chi connectivity index (χ1) is 8.06. The van der Waals surface area contributed by atoms with Crippen LogP contribution in [0, 0.1) is 11.6 Å². The molecule has 0 spiro atoms. The molecule has 0 saturated carbocycles. The summed E-state index contributed by atoms with van der Waals surface area (Å²) in [5.41, 5.74) is 5.86. The van der Waals surface area contributed by atoms with Crippen LogP contribution in [0.15, 0.2) is 18.2 Å². The summed E-state index contributed by atoms with van der Waals surface area (Å²) < 4.78 is 26.6. The van der Waals surface area contributed by atoms with Gasteiger partial charge in [0.25, 0.3) is 0 Å². The highest BCUT2D eigenvalue weighted by atomic mass is 19.2. The lowest BCUT2D eigenvalue weighted by Gasteiger charge is -2.19. The molecule has 3 N–H and O–H groups in total. The Morgan fingerprint density at radius 2 is 2.06 bits per heavy atom. The fraction of sp³-hybridized carbons (Fsp3) is 0.500. The van der Waals surface area contributed by atoms with E-state index in [9.17, 15) is 8.78 Å². The van der Waals surface area contributed by atoms with Gasteiger partial charge in [-0.05, 0) is 20.2 Å². The van der Waals surface area contributed by atoms with Crippen LogP contribution in [0.5, 0.6) is 0 Å². The minimum atomic E-state index is -0.838. The molecule has 0 saturated heterocycles. The lowest BCUT2D eigenvalue weighted by atomic mass is 10.1. The quantitative estimate of drug-likeness (QED) is 0.786. The molecule has 0 aliphatic carbocycles. The Morgan fingerprint density at radius 1 is 1.35 bits per heavy atom. The zero-order valence-electron chi connectivity index (χ0n) is 10.2. The highest BCUT2D eigenvalue weighted by molar-refractivity contribution is 5.22. The first-order valence-corrected chi connectivity index (χ1v) is 5.58. The molecule has 0 aromatic heterocycles. The van der Waals surface area contributed by atoms with E-state index in [0.717, 1.165) is 12.6 Å². The van der Waals surface area contributed by atoms with E-state index in [4.69, 9.17) is 5.73 Å². The Labute approximate surface area is 101 Å². The van der Waals surface area contributed by atoms with Crippen LogP contribution in [0.2, 0.25) is 0 Å². The van der Waals surface area contributed by atoms with E-state index >= 15 is 0 Å². The monoisotopic (exact) mass is 243 g/mol. The summed E-state index contributed by atoms with van der Waals surface area (Å²) in [5.74, 6) is -1.66. The van der Waals surface area contributed by atoms with E-state index in [1.54, 1.807) is 6.07 Å². The number of halogens is 2. The van der Waals surface area contributed by atoms with E-state index in [1.807, 2.05) is 19.0 Å². The fourth-order valence-electron chi connectivity index (χ4n) is 1.57. The molecule has 3 nitrogen and oxygen atoms in total. The minimum absolute atomic E-state index is 0.230. The second kappa shape index (κ2) is 6.64. The maximum Gasteiger partial charge on any atom is 0.163 e. The van der Waals surface area contributed by atoms with Crippen LogP contribution in [-0.4, -0.2) is 38.6 Å². The molecule has 0 aliphatic rings. The van der Waals surface area contributed by atoms with Gasteiger partial charge >= 0.3 is 0 Å². The maximum absolute atomic E-state index is 13.5. The van der Waals surface area contributed by atoms with Gasteiger partial charge in [0.2, 0.25) is 0 Å². The Hall–Kier alpha value is -1.04. The molecule has 0 aliphatic heterocycles. The lowest BCUT2D eigenvalue weighted by Crippen LogP contribution is -2.34. The lowest BCUT2D eigenvalue weighted by molar-refractivity contribution is 0.381. The molecule has 1 atom stereocenters. The number of rotatable bonds is 6. The van der Waals surface area contributed by atoms with E-state index in [0.29, 0.717) is 6.54 Å². The Balaban J connectivity index is 2.69. The van der Waals surface area contributed by atoms with E-state index in [-0.39, 0.29) is 18.2 Å². The number of nitrogens with zero attached hydrogens (tertiary/aromatic N) is 1. The number of likely N-dealkylation sites (N-methyl/N-ethyl adjacent to an activating group) is 1. The maximum atomic E-state index is 13.5. The van der Waals surface area contributed by atoms with Crippen LogP contribution in [0.4, 0.5) is 8.78 Å². The molecule has 5 heteroatoms. The Kier molecular flexibility index (Phi) is 5.47. The predicted molar refractivity (Wildman–Crippen MR) is 64.7 cm³/mol. The molecule has 96 valence electrons. The van der Waals surface area contributed by atoms with E-state index < -0.39 is 11.6 Å². The molecule has 0 amide bonds. The molecule has 17 heavy (non-hydrogen) atoms. The van der Waals surface area contributed by atoms with Crippen molar-refractivity contribution in [1.29, 1.82) is 0 Å². The third-order valence-corrected chi connectivity index (χ3v) is 2.54. The highest BCUT2D eigenvalue weighted by Crippen LogP contribution is 2.18. The number of hydrogen-bond donors (Lipinski definition) is 2. The van der Waals surface area contributed by atoms with Crippen molar-refractivity contribution in [2.24, 2.45) is 5.73 Å². The van der Waals surface area contributed by atoms with Crippen LogP contribution >= 0.6 is 0 Å². The van der Waals surface area contributed by atoms with Gasteiger partial charge < -0.3 is 16.0 Å². The third kappa shape index (κ3) is 4.03. The van der Waals surface area contributed by atoms with Crippen molar-refractivity contribution < 1.29 is 8.78 Å². The average molecular weight is 243 g/mol. The first-order valence-electron chi connectivity index (χ1n) is 5.58. The molecular formula is C12H19F2N3. The Bertz CT molecular complexity index is 356. The van der Waals surface area contributed by atoms with Gasteiger partial charge in [0, 0.05) is 31.2 Å². The number of nitrogens with one attached hydrogen (secondary N) is 1. The van der Waals surface area contributed by atoms with Gasteiger partial charge in [-0.2, -0.15) is 0 Å². The Morgan fingerprint density at radius 3 is 2.65 bits per heavy atom. The average Bonchev–Trinajstić information content (AvgIpc) is 2.28. The van der Waals surface area contributed by atoms with Crippen LogP contribution in [-0.2, 0) is 0 Å². The van der Waals surface area contributed by atoms with Gasteiger partial charge in [-0.25, -0.2) is 8.78 Å². The van der Waals surface area contributed by atoms with Gasteiger partial charge in [0.15, 0.2) is 11.6 Å². The standard InChI is InChI=1S/C12H19F2N3/c1-17(2)7-6-16-11(8-15)9-4-3-5-10(13)12(9)14/h3-5,11,16H,6-8,15H2,1-2H3. The van der Waals surface area contributed by atoms with Gasteiger partial charge in [0.05, 0.1) is 0 Å². The third-order valence-electron chi connectivity index (χ3n) is 2.54. The summed E-state index contributed by atoms with van der Waals surface area (Å²) in [6.07, 6.45) is 0. The molecule has 1 aromatic rings. The highest BCUT2D eigenvalue weighted by Gasteiger charge is 2.16. The second-order valence-corrected chi connectivity index (χ2v) is 4.19. The van der Waals surface area contributed by atoms with Gasteiger partial charge in [-0.1, -0.05) is 12.1 Å². The number of hydrogen-bond acceptors (Lipinski definition) is 3. The van der Waals surface area contributed by atoms with Gasteiger partial charge in [0.1, 0.15) is 0 Å². The van der Waals surface area contributed by atoms with Crippen molar-refractivity contribution in [3.05, 3.63) is 35.4 Å². The van der Waals surface area contributed by atoms with Crippen molar-refractivity contribution in [2.45, 2.75) is 6.04 Å². The molecule has 1 rings (SSSR count). The summed E-state index contributed by atoms with van der Waals surface area (Å²) >= 11 is 0. The second-order valence-electron chi connectivity index (χ2n) is 4.19. The molecule has 0 radical (unpaired) electrons. The smallest absolute Gasteiger partial charge is 0.163 e. The van der Waals surface area contributed by atoms with Gasteiger partial charge in [-0.15, -0.1) is 0 Å². The molecule has 0 heterocycles. The SMILES string of the molecule is CN(C)CCNC(CN)c1cccc(F)c1F. The van der Waals surface area contributed by atoms with Crippen LogP contribution in [0.3, 0.4) is 0 Å². The fourth-order valence-corrected chi connectivity index (χ4v) is 1.57. The van der Waals surface area contributed by atoms with Crippen molar-refractivity contribution in [2.75, 3.05) is 33.7 Å². The summed E-state index contributed by atoms with van der Waals surface area (Å²) in [5, 5.41) is 3.11. The van der Waals surface area contributed by atoms with Crippen molar-refractivity contribution in [3.63, 3.8) is 0 Å². The zero-order chi connectivity index (χ0) is 12.8. The van der Waals surface area contributed by atoms with E-state index in [1.165, 1.54) is 6.07 Å². The molecule has 1 unspecified atom stereocenters. The van der Waals surface area contributed by atoms with Crippen LogP contribution in [0.25, 0.3) is 0 Å². The van der Waals surface area contributed by atoms with Crippen molar-refractivity contribution in [3.8, 4) is 0 Å². The summed E-state index contributed by atoms with van der Waals surface area (Å²) in [6.45, 7) is 1.71. The molecule has 0 bridgehead atoms. The zero-order valence-corrected chi connectivity index (χ0v) is 10.2. The number of benzene rings is 1. The van der Waals surface area contributed by atoms with Gasteiger partial charge in [-0.3, -0.25) is 0 Å². The van der Waals surface area contributed by atoms with Crippen molar-refractivity contribution >= 4 is 0 Å². The first kappa shape index (κ1) is 14.0. The summed E-state index contributed by atoms with van der Waals surface area (Å²) in [6, 6.07) is 3.79.